The highest BCUT2D eigenvalue weighted by Crippen LogP contribution is 2.36. The fourth-order valence-corrected chi connectivity index (χ4v) is 2.69. The molecule has 0 fully saturated rings. The molecular formula is C19H21F3N4O. The number of nitrogen functional groups attached to an aromatic ring is 1. The molecule has 0 aliphatic heterocycles. The van der Waals surface area contributed by atoms with E-state index in [9.17, 15) is 18.0 Å². The first-order valence-electron chi connectivity index (χ1n) is 8.47. The van der Waals surface area contributed by atoms with Crippen LogP contribution in [-0.4, -0.2) is 28.7 Å². The maximum atomic E-state index is 13.2. The van der Waals surface area contributed by atoms with Crippen LogP contribution in [0.4, 0.5) is 18.9 Å². The summed E-state index contributed by atoms with van der Waals surface area (Å²) in [4.78, 5) is 16.0. The summed E-state index contributed by atoms with van der Waals surface area (Å²) < 4.78 is 39.6. The van der Waals surface area contributed by atoms with E-state index in [1.165, 1.54) is 11.1 Å². The standard InChI is InChI=1S/C19H21F3N4O/c1-2-26(12-27)17(24)5-3-4-13-6-8-14(9-7-13)18-16(19(20,21)22)10-15(23)11-25-18/h6-12,24H,2-5,23H2,1H3. The number of nitrogens with two attached hydrogens (primary N) is 1. The first kappa shape index (κ1) is 20.4. The van der Waals surface area contributed by atoms with Gasteiger partial charge < -0.3 is 10.6 Å². The molecule has 0 radical (unpaired) electrons. The zero-order chi connectivity index (χ0) is 20.0. The van der Waals surface area contributed by atoms with Gasteiger partial charge in [0.2, 0.25) is 6.41 Å². The molecule has 0 bridgehead atoms. The van der Waals surface area contributed by atoms with Crippen LogP contribution in [0.1, 0.15) is 30.9 Å². The van der Waals surface area contributed by atoms with Gasteiger partial charge in [0.1, 0.15) is 5.84 Å². The van der Waals surface area contributed by atoms with Crippen LogP contribution in [0.2, 0.25) is 0 Å². The molecule has 3 N–H and O–H groups in total. The van der Waals surface area contributed by atoms with E-state index < -0.39 is 11.7 Å². The van der Waals surface area contributed by atoms with Crippen LogP contribution in [-0.2, 0) is 17.4 Å². The van der Waals surface area contributed by atoms with Crippen LogP contribution in [0.25, 0.3) is 11.3 Å². The van der Waals surface area contributed by atoms with E-state index >= 15 is 0 Å². The van der Waals surface area contributed by atoms with Crippen molar-refractivity contribution in [2.24, 2.45) is 0 Å². The van der Waals surface area contributed by atoms with Gasteiger partial charge in [-0.25, -0.2) is 0 Å². The van der Waals surface area contributed by atoms with Crippen LogP contribution in [0, 0.1) is 5.41 Å². The molecule has 1 heterocycles. The average Bonchev–Trinajstić information content (AvgIpc) is 2.63. The lowest BCUT2D eigenvalue weighted by atomic mass is 10.0. The van der Waals surface area contributed by atoms with Gasteiger partial charge in [-0.3, -0.25) is 15.2 Å². The van der Waals surface area contributed by atoms with Gasteiger partial charge in [-0.1, -0.05) is 24.3 Å². The molecule has 0 saturated heterocycles. The molecule has 27 heavy (non-hydrogen) atoms. The molecular weight excluding hydrogens is 357 g/mol. The van der Waals surface area contributed by atoms with Crippen molar-refractivity contribution in [3.8, 4) is 11.3 Å². The predicted molar refractivity (Wildman–Crippen MR) is 98.2 cm³/mol. The zero-order valence-electron chi connectivity index (χ0n) is 14.9. The van der Waals surface area contributed by atoms with Crippen LogP contribution >= 0.6 is 0 Å². The highest BCUT2D eigenvalue weighted by molar-refractivity contribution is 5.88. The number of benzene rings is 1. The number of hydrogen-bond donors (Lipinski definition) is 2. The minimum absolute atomic E-state index is 0.0402. The number of aromatic nitrogens is 1. The zero-order valence-corrected chi connectivity index (χ0v) is 14.9. The number of alkyl halides is 3. The van der Waals surface area contributed by atoms with Gasteiger partial charge in [-0.05, 0) is 31.4 Å². The van der Waals surface area contributed by atoms with Gasteiger partial charge >= 0.3 is 6.18 Å². The van der Waals surface area contributed by atoms with Crippen molar-refractivity contribution >= 4 is 17.9 Å². The summed E-state index contributed by atoms with van der Waals surface area (Å²) in [6, 6.07) is 7.56. The van der Waals surface area contributed by atoms with E-state index in [1.54, 1.807) is 31.2 Å². The number of amidine groups is 1. The van der Waals surface area contributed by atoms with E-state index in [2.05, 4.69) is 4.98 Å². The Morgan fingerprint density at radius 2 is 1.96 bits per heavy atom. The monoisotopic (exact) mass is 378 g/mol. The molecule has 0 aliphatic rings. The maximum Gasteiger partial charge on any atom is 0.418 e. The molecule has 8 heteroatoms. The van der Waals surface area contributed by atoms with Crippen molar-refractivity contribution in [1.82, 2.24) is 9.88 Å². The lowest BCUT2D eigenvalue weighted by molar-refractivity contribution is -0.137. The summed E-state index contributed by atoms with van der Waals surface area (Å²) in [6.07, 6.45) is -0.936. The van der Waals surface area contributed by atoms with Crippen LogP contribution in [0.15, 0.2) is 36.5 Å². The third kappa shape index (κ3) is 5.29. The minimum atomic E-state index is -4.54. The van der Waals surface area contributed by atoms with Crippen molar-refractivity contribution in [2.75, 3.05) is 12.3 Å². The number of halogens is 3. The van der Waals surface area contributed by atoms with Crippen LogP contribution in [0.3, 0.4) is 0 Å². The number of rotatable bonds is 7. The molecule has 144 valence electrons. The second-order valence-electron chi connectivity index (χ2n) is 6.05. The summed E-state index contributed by atoms with van der Waals surface area (Å²) >= 11 is 0. The van der Waals surface area contributed by atoms with Crippen molar-refractivity contribution in [3.63, 3.8) is 0 Å². The van der Waals surface area contributed by atoms with E-state index in [0.29, 0.717) is 37.8 Å². The smallest absolute Gasteiger partial charge is 0.397 e. The van der Waals surface area contributed by atoms with E-state index in [4.69, 9.17) is 11.1 Å². The third-order valence-corrected chi connectivity index (χ3v) is 4.14. The second kappa shape index (κ2) is 8.66. The summed E-state index contributed by atoms with van der Waals surface area (Å²) in [5.74, 6) is 0.255. The van der Waals surface area contributed by atoms with Gasteiger partial charge in [-0.15, -0.1) is 0 Å². The fraction of sp³-hybridized carbons (Fsp3) is 0.316. The van der Waals surface area contributed by atoms with Crippen molar-refractivity contribution in [1.29, 1.82) is 5.41 Å². The lowest BCUT2D eigenvalue weighted by Crippen LogP contribution is -2.28. The Balaban J connectivity index is 2.08. The highest BCUT2D eigenvalue weighted by Gasteiger charge is 2.34. The molecule has 0 atom stereocenters. The second-order valence-corrected chi connectivity index (χ2v) is 6.05. The number of anilines is 1. The minimum Gasteiger partial charge on any atom is -0.397 e. The Morgan fingerprint density at radius 3 is 2.52 bits per heavy atom. The normalized spacial score (nSPS) is 11.3. The molecule has 2 rings (SSSR count). The molecule has 0 spiro atoms. The Bertz CT molecular complexity index is 804. The molecule has 0 unspecified atom stereocenters. The van der Waals surface area contributed by atoms with Gasteiger partial charge in [-0.2, -0.15) is 13.2 Å². The Kier molecular flexibility index (Phi) is 6.55. The number of amides is 1. The Hall–Kier alpha value is -2.90. The lowest BCUT2D eigenvalue weighted by Gasteiger charge is -2.15. The maximum absolute atomic E-state index is 13.2. The Labute approximate surface area is 155 Å². The fourth-order valence-electron chi connectivity index (χ4n) is 2.69. The van der Waals surface area contributed by atoms with E-state index in [0.717, 1.165) is 11.6 Å². The summed E-state index contributed by atoms with van der Waals surface area (Å²) in [6.45, 7) is 2.25. The first-order chi connectivity index (χ1) is 12.8. The molecule has 0 saturated carbocycles. The van der Waals surface area contributed by atoms with E-state index in [1.807, 2.05) is 0 Å². The van der Waals surface area contributed by atoms with Gasteiger partial charge in [0, 0.05) is 18.5 Å². The Morgan fingerprint density at radius 1 is 1.30 bits per heavy atom. The predicted octanol–water partition coefficient (Wildman–Crippen LogP) is 4.13. The van der Waals surface area contributed by atoms with Crippen LogP contribution in [0.5, 0.6) is 0 Å². The largest absolute Gasteiger partial charge is 0.418 e. The van der Waals surface area contributed by atoms with E-state index in [-0.39, 0.29) is 17.2 Å². The number of aryl methyl sites for hydroxylation is 1. The SMILES string of the molecule is CCN(C=O)C(=N)CCCc1ccc(-c2ncc(N)cc2C(F)(F)F)cc1. The number of pyridine rings is 1. The summed E-state index contributed by atoms with van der Waals surface area (Å²) in [7, 11) is 0. The van der Waals surface area contributed by atoms with Crippen molar-refractivity contribution < 1.29 is 18.0 Å². The molecule has 1 amide bonds. The molecule has 0 aliphatic carbocycles. The molecule has 1 aromatic heterocycles. The number of carbonyl (C=O) groups is 1. The molecule has 5 nitrogen and oxygen atoms in total. The topological polar surface area (TPSA) is 83.1 Å². The summed E-state index contributed by atoms with van der Waals surface area (Å²) in [5.41, 5.74) is 5.67. The highest BCUT2D eigenvalue weighted by atomic mass is 19.4. The number of carbonyl (C=O) groups excluding carboxylic acids is 1. The van der Waals surface area contributed by atoms with Gasteiger partial charge in [0.25, 0.3) is 0 Å². The first-order valence-corrected chi connectivity index (χ1v) is 8.47. The third-order valence-electron chi connectivity index (χ3n) is 4.14. The average molecular weight is 378 g/mol. The quantitative estimate of drug-likeness (QED) is 0.432. The summed E-state index contributed by atoms with van der Waals surface area (Å²) in [5, 5.41) is 7.83. The van der Waals surface area contributed by atoms with Gasteiger partial charge in [0.05, 0.1) is 23.1 Å². The number of nitrogens with one attached hydrogen (secondary N) is 1. The number of nitrogens with zero attached hydrogens (tertiary/aromatic N) is 2. The van der Waals surface area contributed by atoms with Gasteiger partial charge in [0.15, 0.2) is 0 Å². The number of hydrogen-bond acceptors (Lipinski definition) is 4. The van der Waals surface area contributed by atoms with Crippen molar-refractivity contribution in [2.45, 2.75) is 32.4 Å². The van der Waals surface area contributed by atoms with Crippen molar-refractivity contribution in [3.05, 3.63) is 47.7 Å². The van der Waals surface area contributed by atoms with Crippen LogP contribution < -0.4 is 5.73 Å². The molecule has 2 aromatic rings. The molecule has 1 aromatic carbocycles.